The smallest absolute Gasteiger partial charge is 0.231 e. The maximum atomic E-state index is 5.45. The van der Waals surface area contributed by atoms with E-state index >= 15 is 0 Å². The van der Waals surface area contributed by atoms with Crippen LogP contribution in [-0.2, 0) is 6.54 Å². The van der Waals surface area contributed by atoms with E-state index in [2.05, 4.69) is 59.6 Å². The summed E-state index contributed by atoms with van der Waals surface area (Å²) >= 11 is 0. The summed E-state index contributed by atoms with van der Waals surface area (Å²) in [5, 5.41) is 6.82. The van der Waals surface area contributed by atoms with E-state index in [1.54, 1.807) is 0 Å². The summed E-state index contributed by atoms with van der Waals surface area (Å²) in [6.07, 6.45) is 0. The summed E-state index contributed by atoms with van der Waals surface area (Å²) in [6.45, 7) is 9.37. The molecular weight excluding hydrogens is 364 g/mol. The average Bonchev–Trinajstić information content (AvgIpc) is 3.15. The van der Waals surface area contributed by atoms with Gasteiger partial charge in [-0.2, -0.15) is 4.98 Å². The fraction of sp³-hybridized carbons (Fsp3) is 0.304. The third kappa shape index (κ3) is 4.26. The van der Waals surface area contributed by atoms with Gasteiger partial charge in [0.1, 0.15) is 5.82 Å². The molecule has 4 rings (SSSR count). The molecule has 1 aliphatic heterocycles. The predicted molar refractivity (Wildman–Crippen MR) is 115 cm³/mol. The van der Waals surface area contributed by atoms with Crippen molar-refractivity contribution in [2.75, 3.05) is 17.4 Å². The number of rotatable bonds is 6. The largest absolute Gasteiger partial charge is 0.454 e. The molecule has 6 nitrogen and oxygen atoms in total. The molecule has 0 bridgehead atoms. The SMILES string of the molecule is Cc1cc(NCc2ccc3c(c2)OCO3)nc(Nc2c(C)cccc2C(C)C)n1. The van der Waals surface area contributed by atoms with Gasteiger partial charge in [0.2, 0.25) is 12.7 Å². The second-order valence-corrected chi connectivity index (χ2v) is 7.58. The van der Waals surface area contributed by atoms with E-state index in [0.717, 1.165) is 34.3 Å². The fourth-order valence-electron chi connectivity index (χ4n) is 3.41. The third-order valence-corrected chi connectivity index (χ3v) is 4.93. The molecule has 29 heavy (non-hydrogen) atoms. The lowest BCUT2D eigenvalue weighted by atomic mass is 9.98. The number of benzene rings is 2. The molecule has 0 fully saturated rings. The van der Waals surface area contributed by atoms with Gasteiger partial charge in [-0.15, -0.1) is 0 Å². The van der Waals surface area contributed by atoms with Crippen molar-refractivity contribution >= 4 is 17.5 Å². The molecule has 1 aliphatic rings. The molecule has 2 aromatic carbocycles. The first kappa shape index (κ1) is 19.1. The van der Waals surface area contributed by atoms with Gasteiger partial charge in [-0.05, 0) is 48.6 Å². The van der Waals surface area contributed by atoms with Crippen molar-refractivity contribution in [3.8, 4) is 11.5 Å². The molecule has 0 aliphatic carbocycles. The van der Waals surface area contributed by atoms with Crippen LogP contribution in [0.15, 0.2) is 42.5 Å². The minimum Gasteiger partial charge on any atom is -0.454 e. The van der Waals surface area contributed by atoms with E-state index in [4.69, 9.17) is 9.47 Å². The molecule has 0 radical (unpaired) electrons. The zero-order chi connectivity index (χ0) is 20.4. The molecule has 6 heteroatoms. The number of ether oxygens (including phenoxy) is 2. The van der Waals surface area contributed by atoms with Crippen molar-refractivity contribution in [3.63, 3.8) is 0 Å². The van der Waals surface area contributed by atoms with Gasteiger partial charge in [-0.25, -0.2) is 4.98 Å². The molecule has 1 aromatic heterocycles. The molecular formula is C23H26N4O2. The standard InChI is InChI=1S/C23H26N4O2/c1-14(2)18-7-5-6-15(3)22(18)27-23-25-16(4)10-21(26-23)24-12-17-8-9-19-20(11-17)29-13-28-19/h5-11,14H,12-13H2,1-4H3,(H2,24,25,26,27). The van der Waals surface area contributed by atoms with E-state index in [-0.39, 0.29) is 6.79 Å². The quantitative estimate of drug-likeness (QED) is 0.595. The summed E-state index contributed by atoms with van der Waals surface area (Å²) in [7, 11) is 0. The van der Waals surface area contributed by atoms with Crippen LogP contribution >= 0.6 is 0 Å². The Morgan fingerprint density at radius 3 is 2.66 bits per heavy atom. The zero-order valence-electron chi connectivity index (χ0n) is 17.2. The zero-order valence-corrected chi connectivity index (χ0v) is 17.2. The highest BCUT2D eigenvalue weighted by Crippen LogP contribution is 2.33. The molecule has 0 amide bonds. The van der Waals surface area contributed by atoms with Gasteiger partial charge in [0.25, 0.3) is 0 Å². The van der Waals surface area contributed by atoms with Crippen molar-refractivity contribution in [2.45, 2.75) is 40.2 Å². The van der Waals surface area contributed by atoms with Crippen LogP contribution in [0.4, 0.5) is 17.5 Å². The Morgan fingerprint density at radius 1 is 1.00 bits per heavy atom. The first-order valence-corrected chi connectivity index (χ1v) is 9.84. The molecule has 3 aromatic rings. The second-order valence-electron chi connectivity index (χ2n) is 7.58. The maximum absolute atomic E-state index is 5.45. The molecule has 2 N–H and O–H groups in total. The van der Waals surface area contributed by atoms with Crippen LogP contribution in [0, 0.1) is 13.8 Å². The Hall–Kier alpha value is -3.28. The summed E-state index contributed by atoms with van der Waals surface area (Å²) in [4.78, 5) is 9.24. The maximum Gasteiger partial charge on any atom is 0.231 e. The Bertz CT molecular complexity index is 1030. The molecule has 0 atom stereocenters. The van der Waals surface area contributed by atoms with Crippen molar-refractivity contribution < 1.29 is 9.47 Å². The van der Waals surface area contributed by atoms with Crippen LogP contribution in [0.25, 0.3) is 0 Å². The minimum atomic E-state index is 0.281. The summed E-state index contributed by atoms with van der Waals surface area (Å²) in [5.41, 5.74) is 5.51. The van der Waals surface area contributed by atoms with E-state index < -0.39 is 0 Å². The summed E-state index contributed by atoms with van der Waals surface area (Å²) in [6, 6.07) is 14.2. The fourth-order valence-corrected chi connectivity index (χ4v) is 3.41. The van der Waals surface area contributed by atoms with E-state index in [1.807, 2.05) is 31.2 Å². The summed E-state index contributed by atoms with van der Waals surface area (Å²) < 4.78 is 10.8. The Balaban J connectivity index is 1.53. The van der Waals surface area contributed by atoms with Crippen LogP contribution in [0.2, 0.25) is 0 Å². The van der Waals surface area contributed by atoms with Crippen LogP contribution < -0.4 is 20.1 Å². The lowest BCUT2D eigenvalue weighted by Crippen LogP contribution is -2.07. The van der Waals surface area contributed by atoms with Crippen molar-refractivity contribution in [3.05, 3.63) is 64.8 Å². The number of hydrogen-bond donors (Lipinski definition) is 2. The van der Waals surface area contributed by atoms with Gasteiger partial charge in [-0.3, -0.25) is 0 Å². The molecule has 150 valence electrons. The van der Waals surface area contributed by atoms with Gasteiger partial charge in [0.05, 0.1) is 0 Å². The monoisotopic (exact) mass is 390 g/mol. The first-order chi connectivity index (χ1) is 14.0. The number of aromatic nitrogens is 2. The number of para-hydroxylation sites is 1. The van der Waals surface area contributed by atoms with Gasteiger partial charge in [0, 0.05) is 24.0 Å². The Morgan fingerprint density at radius 2 is 1.83 bits per heavy atom. The topological polar surface area (TPSA) is 68.3 Å². The number of nitrogens with zero attached hydrogens (tertiary/aromatic N) is 2. The predicted octanol–water partition coefficient (Wildman–Crippen LogP) is 5.30. The molecule has 0 unspecified atom stereocenters. The van der Waals surface area contributed by atoms with Gasteiger partial charge >= 0.3 is 0 Å². The van der Waals surface area contributed by atoms with Gasteiger partial charge < -0.3 is 20.1 Å². The van der Waals surface area contributed by atoms with E-state index in [0.29, 0.717) is 18.4 Å². The molecule has 0 saturated carbocycles. The number of anilines is 3. The molecule has 0 spiro atoms. The third-order valence-electron chi connectivity index (χ3n) is 4.93. The normalized spacial score (nSPS) is 12.3. The minimum absolute atomic E-state index is 0.281. The first-order valence-electron chi connectivity index (χ1n) is 9.84. The number of fused-ring (bicyclic) bond motifs is 1. The second kappa shape index (κ2) is 7.99. The van der Waals surface area contributed by atoms with Crippen LogP contribution in [-0.4, -0.2) is 16.8 Å². The van der Waals surface area contributed by atoms with Crippen molar-refractivity contribution in [1.29, 1.82) is 0 Å². The van der Waals surface area contributed by atoms with Gasteiger partial charge in [0.15, 0.2) is 11.5 Å². The lowest BCUT2D eigenvalue weighted by Gasteiger charge is -2.17. The van der Waals surface area contributed by atoms with Crippen molar-refractivity contribution in [1.82, 2.24) is 9.97 Å². The Labute approximate surface area is 171 Å². The molecule has 2 heterocycles. The number of hydrogen-bond acceptors (Lipinski definition) is 6. The van der Waals surface area contributed by atoms with E-state index in [9.17, 15) is 0 Å². The molecule has 0 saturated heterocycles. The average molecular weight is 390 g/mol. The van der Waals surface area contributed by atoms with E-state index in [1.165, 1.54) is 11.1 Å². The number of aryl methyl sites for hydroxylation is 2. The van der Waals surface area contributed by atoms with Gasteiger partial charge in [-0.1, -0.05) is 38.1 Å². The van der Waals surface area contributed by atoms with Crippen LogP contribution in [0.3, 0.4) is 0 Å². The highest BCUT2D eigenvalue weighted by Gasteiger charge is 2.14. The van der Waals surface area contributed by atoms with Crippen LogP contribution in [0.5, 0.6) is 11.5 Å². The highest BCUT2D eigenvalue weighted by atomic mass is 16.7. The summed E-state index contributed by atoms with van der Waals surface area (Å²) in [5.74, 6) is 3.35. The lowest BCUT2D eigenvalue weighted by molar-refractivity contribution is 0.174. The highest BCUT2D eigenvalue weighted by molar-refractivity contribution is 5.64. The number of nitrogens with one attached hydrogen (secondary N) is 2. The Kier molecular flexibility index (Phi) is 5.25. The van der Waals surface area contributed by atoms with Crippen molar-refractivity contribution in [2.24, 2.45) is 0 Å². The van der Waals surface area contributed by atoms with Crippen LogP contribution in [0.1, 0.15) is 42.1 Å².